The summed E-state index contributed by atoms with van der Waals surface area (Å²) in [6.45, 7) is 17.7. The first-order valence-electron chi connectivity index (χ1n) is 32.4. The zero-order valence-corrected chi connectivity index (χ0v) is 57.4. The highest BCUT2D eigenvalue weighted by Crippen LogP contribution is 2.32. The molecule has 2 unspecified atom stereocenters. The number of nitriles is 1. The van der Waals surface area contributed by atoms with Crippen LogP contribution < -0.4 is 27.1 Å². The SMILES string of the molecule is [C-]#[N+]c1ccc(S(=O)c2cc(C(=O)CCCOCCOCCOCCOCCNC(=O)NCCCCCC(=O)CCCOCCOCCOCCOCCNC(=O)c3cc(S(=O)c4ccc(C#N)cc4)c(C)n(-c4cccc(C)c4)c3=O)c(=O)n(-c3cccc(C(F)(F)F)c3)c2C)cc1. The van der Waals surface area contributed by atoms with E-state index in [4.69, 9.17) is 44.5 Å². The lowest BCUT2D eigenvalue weighted by Gasteiger charge is -2.17. The predicted molar refractivity (Wildman–Crippen MR) is 363 cm³/mol. The summed E-state index contributed by atoms with van der Waals surface area (Å²) in [4.78, 5) is 83.3. The average molecular weight is 1410 g/mol. The third kappa shape index (κ3) is 26.7. The molecule has 0 saturated carbocycles. The number of Topliss-reactive ketones (excluding diaryl/α,β-unsaturated/α-hetero) is 2. The van der Waals surface area contributed by atoms with Gasteiger partial charge >= 0.3 is 12.2 Å². The summed E-state index contributed by atoms with van der Waals surface area (Å²) >= 11 is 0. The highest BCUT2D eigenvalue weighted by atomic mass is 32.2. The van der Waals surface area contributed by atoms with Gasteiger partial charge in [-0.25, -0.2) is 18.1 Å². The van der Waals surface area contributed by atoms with Crippen molar-refractivity contribution < 1.29 is 78.7 Å². The first kappa shape index (κ1) is 79.6. The molecule has 0 radical (unpaired) electrons. The lowest BCUT2D eigenvalue weighted by atomic mass is 10.1. The third-order valence-corrected chi connectivity index (χ3v) is 18.0. The van der Waals surface area contributed by atoms with Crippen molar-refractivity contribution in [3.8, 4) is 17.4 Å². The van der Waals surface area contributed by atoms with Crippen molar-refractivity contribution in [2.75, 3.05) is 125 Å². The van der Waals surface area contributed by atoms with E-state index in [0.29, 0.717) is 119 Å². The molecule has 99 heavy (non-hydrogen) atoms. The normalized spacial score (nSPS) is 12.0. The molecule has 0 spiro atoms. The van der Waals surface area contributed by atoms with Gasteiger partial charge < -0.3 is 53.8 Å². The second kappa shape index (κ2) is 43.2. The van der Waals surface area contributed by atoms with Crippen molar-refractivity contribution in [1.82, 2.24) is 25.1 Å². The lowest BCUT2D eigenvalue weighted by molar-refractivity contribution is -0.137. The summed E-state index contributed by atoms with van der Waals surface area (Å²) in [6, 6.07) is 27.8. The van der Waals surface area contributed by atoms with Gasteiger partial charge in [0, 0.05) is 84.7 Å². The van der Waals surface area contributed by atoms with E-state index in [1.165, 1.54) is 54.0 Å². The number of hydrogen-bond donors (Lipinski definition) is 3. The van der Waals surface area contributed by atoms with Crippen molar-refractivity contribution in [3.05, 3.63) is 181 Å². The molecule has 0 bridgehead atoms. The fourth-order valence-corrected chi connectivity index (χ4v) is 12.2. The average Bonchev–Trinajstić information content (AvgIpc) is 0.773. The third-order valence-electron chi connectivity index (χ3n) is 15.0. The lowest BCUT2D eigenvalue weighted by Crippen LogP contribution is -2.37. The van der Waals surface area contributed by atoms with E-state index >= 15 is 0 Å². The van der Waals surface area contributed by atoms with Gasteiger partial charge in [-0.05, 0) is 119 Å². The van der Waals surface area contributed by atoms with Crippen molar-refractivity contribution in [1.29, 1.82) is 5.26 Å². The van der Waals surface area contributed by atoms with E-state index in [0.717, 1.165) is 47.6 Å². The molecule has 0 aliphatic rings. The molecule has 2 heterocycles. The zero-order valence-electron chi connectivity index (χ0n) is 55.8. The molecule has 4 aromatic carbocycles. The van der Waals surface area contributed by atoms with Gasteiger partial charge in [0.15, 0.2) is 11.5 Å². The summed E-state index contributed by atoms with van der Waals surface area (Å²) < 4.78 is 115. The molecule has 2 atom stereocenters. The van der Waals surface area contributed by atoms with E-state index in [1.54, 1.807) is 49.4 Å². The Morgan fingerprint density at radius 2 is 0.960 bits per heavy atom. The number of ether oxygens (including phenoxy) is 8. The number of carbonyl (C=O) groups excluding carboxylic acids is 4. The van der Waals surface area contributed by atoms with Gasteiger partial charge in [0.1, 0.15) is 11.3 Å². The zero-order chi connectivity index (χ0) is 71.4. The topological polar surface area (TPSA) is 284 Å². The minimum atomic E-state index is -4.71. The fraction of sp³-hybridized carbons (Fsp3) is 0.437. The molecule has 3 amide bonds. The maximum atomic E-state index is 13.8. The van der Waals surface area contributed by atoms with Gasteiger partial charge in [-0.3, -0.25) is 33.1 Å². The monoisotopic (exact) mass is 1410 g/mol. The number of rotatable bonds is 46. The van der Waals surface area contributed by atoms with E-state index in [-0.39, 0.29) is 115 Å². The standard InChI is InChI=1S/C71H84F3N7O16S2/c1-51-12-8-14-57(46-51)80-53(3)66(98(88)60-23-19-54(50-75)20-24-60)49-63(69(80)86)67(84)77-28-32-92-36-40-96-44-42-94-38-34-90-30-10-17-59(82)16-6-5-7-27-78-70(87)79-29-33-93-37-41-97-45-43-95-39-35-91-31-11-18-64(83)62-48-65(99(89)61-25-21-56(76-4)22-26-61)52(2)81(68(62)85)58-15-9-13-55(47-58)71(72,73)74/h8-9,12-15,19-26,46-49H,5-7,10-11,16-18,27-45H2,1-3H3,(H,77,84)(H2,78,79,87). The van der Waals surface area contributed by atoms with Gasteiger partial charge in [-0.2, -0.15) is 18.4 Å². The number of urea groups is 1. The number of hydrogen-bond acceptors (Lipinski definition) is 17. The van der Waals surface area contributed by atoms with Crippen LogP contribution in [0.3, 0.4) is 0 Å². The van der Waals surface area contributed by atoms with Crippen LogP contribution in [0.25, 0.3) is 16.2 Å². The summed E-state index contributed by atoms with van der Waals surface area (Å²) in [6.07, 6.45) is -0.897. The number of carbonyl (C=O) groups is 4. The van der Waals surface area contributed by atoms with Gasteiger partial charge in [0.05, 0.1) is 153 Å². The number of alkyl halides is 3. The molecule has 6 aromatic rings. The molecule has 532 valence electrons. The van der Waals surface area contributed by atoms with Crippen LogP contribution in [-0.4, -0.2) is 166 Å². The first-order valence-corrected chi connectivity index (χ1v) is 34.7. The number of aryl methyl sites for hydroxylation is 1. The maximum Gasteiger partial charge on any atom is 0.416 e. The van der Waals surface area contributed by atoms with Crippen LogP contribution in [0.2, 0.25) is 0 Å². The van der Waals surface area contributed by atoms with Crippen LogP contribution in [0.1, 0.15) is 100 Å². The molecule has 0 aliphatic carbocycles. The van der Waals surface area contributed by atoms with Gasteiger partial charge in [-0.1, -0.05) is 48.9 Å². The van der Waals surface area contributed by atoms with E-state index in [9.17, 15) is 55.6 Å². The first-order chi connectivity index (χ1) is 47.8. The van der Waals surface area contributed by atoms with Crippen LogP contribution in [0.15, 0.2) is 138 Å². The van der Waals surface area contributed by atoms with Crippen LogP contribution in [0.5, 0.6) is 0 Å². The molecule has 2 aromatic heterocycles. The van der Waals surface area contributed by atoms with Gasteiger partial charge in [0.25, 0.3) is 17.0 Å². The second-order valence-corrected chi connectivity index (χ2v) is 25.2. The fourth-order valence-electron chi connectivity index (χ4n) is 9.81. The quantitative estimate of drug-likeness (QED) is 0.0182. The summed E-state index contributed by atoms with van der Waals surface area (Å²) in [5.74, 6) is -1.08. The van der Waals surface area contributed by atoms with Crippen LogP contribution in [-0.2, 0) is 70.5 Å². The molecule has 23 nitrogen and oxygen atoms in total. The number of nitrogens with zero attached hydrogens (tertiary/aromatic N) is 4. The van der Waals surface area contributed by atoms with Crippen LogP contribution in [0, 0.1) is 38.7 Å². The molecule has 0 fully saturated rings. The number of amides is 3. The van der Waals surface area contributed by atoms with Gasteiger partial charge in [0.2, 0.25) is 0 Å². The number of unbranched alkanes of at least 4 members (excludes halogenated alkanes) is 2. The number of pyridine rings is 2. The van der Waals surface area contributed by atoms with E-state index in [2.05, 4.69) is 20.8 Å². The number of ketones is 2. The molecule has 0 saturated heterocycles. The number of nitrogens with one attached hydrogen (secondary N) is 3. The Kier molecular flexibility index (Phi) is 34.7. The Balaban J connectivity index is 0.689. The molecule has 28 heteroatoms. The van der Waals surface area contributed by atoms with Crippen molar-refractivity contribution in [2.45, 2.75) is 97.9 Å². The Hall–Kier alpha value is -8.39. The number of aromatic nitrogens is 2. The Labute approximate surface area is 578 Å². The minimum absolute atomic E-state index is 0.0514. The van der Waals surface area contributed by atoms with E-state index in [1.807, 2.05) is 19.1 Å². The Bertz CT molecular complexity index is 3870. The van der Waals surface area contributed by atoms with Crippen LogP contribution in [0.4, 0.5) is 23.7 Å². The maximum absolute atomic E-state index is 13.8. The number of benzene rings is 4. The predicted octanol–water partition coefficient (Wildman–Crippen LogP) is 9.42. The van der Waals surface area contributed by atoms with Gasteiger partial charge in [-0.15, -0.1) is 0 Å². The Morgan fingerprint density at radius 3 is 1.47 bits per heavy atom. The molecule has 0 aliphatic heterocycles. The van der Waals surface area contributed by atoms with Crippen LogP contribution >= 0.6 is 0 Å². The second-order valence-electron chi connectivity index (χ2n) is 22.3. The molecular weight excluding hydrogens is 1330 g/mol. The molecule has 3 N–H and O–H groups in total. The van der Waals surface area contributed by atoms with Crippen molar-refractivity contribution in [3.63, 3.8) is 0 Å². The minimum Gasteiger partial charge on any atom is -0.379 e. The van der Waals surface area contributed by atoms with E-state index < -0.39 is 56.1 Å². The highest BCUT2D eigenvalue weighted by molar-refractivity contribution is 7.85. The largest absolute Gasteiger partial charge is 0.416 e. The smallest absolute Gasteiger partial charge is 0.379 e. The summed E-state index contributed by atoms with van der Waals surface area (Å²) in [5.41, 5.74) is -0.437. The number of halogens is 3. The molecule has 6 rings (SSSR count). The summed E-state index contributed by atoms with van der Waals surface area (Å²) in [7, 11) is -3.73. The molecular formula is C71H84F3N7O16S2. The van der Waals surface area contributed by atoms with Crippen molar-refractivity contribution in [2.24, 2.45) is 0 Å². The van der Waals surface area contributed by atoms with Crippen molar-refractivity contribution >= 4 is 50.8 Å². The Morgan fingerprint density at radius 1 is 0.515 bits per heavy atom. The highest BCUT2D eigenvalue weighted by Gasteiger charge is 2.32. The summed E-state index contributed by atoms with van der Waals surface area (Å²) in [5, 5.41) is 17.4.